The van der Waals surface area contributed by atoms with E-state index in [1.807, 2.05) is 0 Å². The second kappa shape index (κ2) is 5.51. The molecule has 0 aliphatic heterocycles. The molecule has 86 valence electrons. The third-order valence-electron chi connectivity index (χ3n) is 1.83. The summed E-state index contributed by atoms with van der Waals surface area (Å²) in [7, 11) is 0. The van der Waals surface area contributed by atoms with Crippen molar-refractivity contribution >= 4 is 11.8 Å². The Morgan fingerprint density at radius 1 is 1.40 bits per heavy atom. The van der Waals surface area contributed by atoms with Crippen LogP contribution in [-0.2, 0) is 11.2 Å². The minimum Gasteiger partial charge on any atom is -0.339 e. The van der Waals surface area contributed by atoms with E-state index in [0.29, 0.717) is 5.89 Å². The monoisotopic (exact) mass is 229 g/mol. The van der Waals surface area contributed by atoms with E-state index in [0.717, 1.165) is 30.3 Å². The minimum atomic E-state index is -0.0623. The Kier molecular flexibility index (Phi) is 4.60. The Morgan fingerprint density at radius 2 is 2.13 bits per heavy atom. The lowest BCUT2D eigenvalue weighted by Gasteiger charge is -2.10. The predicted molar refractivity (Wildman–Crippen MR) is 62.8 cm³/mol. The Morgan fingerprint density at radius 3 is 2.67 bits per heavy atom. The van der Waals surface area contributed by atoms with Gasteiger partial charge in [-0.05, 0) is 18.7 Å². The van der Waals surface area contributed by atoms with Crippen LogP contribution in [0.5, 0.6) is 0 Å². The van der Waals surface area contributed by atoms with Gasteiger partial charge < -0.3 is 10.3 Å². The molecule has 1 rings (SSSR count). The predicted octanol–water partition coefficient (Wildman–Crippen LogP) is 1.95. The van der Waals surface area contributed by atoms with Gasteiger partial charge in [-0.1, -0.05) is 25.9 Å². The maximum absolute atomic E-state index is 5.41. The third kappa shape index (κ3) is 4.22. The van der Waals surface area contributed by atoms with E-state index in [1.54, 1.807) is 11.8 Å². The van der Waals surface area contributed by atoms with E-state index >= 15 is 0 Å². The molecule has 0 atom stereocenters. The number of rotatable bonds is 5. The molecular weight excluding hydrogens is 210 g/mol. The molecule has 0 fully saturated rings. The molecule has 0 unspecified atom stereocenters. The maximum atomic E-state index is 5.41. The van der Waals surface area contributed by atoms with Crippen LogP contribution in [0, 0.1) is 0 Å². The van der Waals surface area contributed by atoms with Crippen molar-refractivity contribution in [3.05, 3.63) is 11.7 Å². The maximum Gasteiger partial charge on any atom is 0.232 e. The average molecular weight is 229 g/mol. The molecule has 15 heavy (non-hydrogen) atoms. The van der Waals surface area contributed by atoms with Crippen LogP contribution in [-0.4, -0.2) is 22.4 Å². The summed E-state index contributed by atoms with van der Waals surface area (Å²) in [6, 6.07) is 0. The number of aromatic nitrogens is 2. The fourth-order valence-corrected chi connectivity index (χ4v) is 1.78. The van der Waals surface area contributed by atoms with Crippen LogP contribution in [0.2, 0.25) is 0 Å². The number of nitrogens with two attached hydrogens (primary N) is 1. The van der Waals surface area contributed by atoms with Crippen molar-refractivity contribution in [3.63, 3.8) is 0 Å². The van der Waals surface area contributed by atoms with E-state index in [4.69, 9.17) is 10.3 Å². The van der Waals surface area contributed by atoms with Gasteiger partial charge in [-0.15, -0.1) is 0 Å². The summed E-state index contributed by atoms with van der Waals surface area (Å²) >= 11 is 1.79. The molecule has 1 heterocycles. The first-order valence-corrected chi connectivity index (χ1v) is 6.30. The fraction of sp³-hybridized carbons (Fsp3) is 0.800. The van der Waals surface area contributed by atoms with Crippen LogP contribution in [0.1, 0.15) is 38.9 Å². The average Bonchev–Trinajstić information content (AvgIpc) is 2.60. The molecule has 2 N–H and O–H groups in total. The highest BCUT2D eigenvalue weighted by Gasteiger charge is 2.21. The minimum absolute atomic E-state index is 0.0623. The molecule has 0 aliphatic carbocycles. The van der Waals surface area contributed by atoms with E-state index in [1.165, 1.54) is 0 Å². The highest BCUT2D eigenvalue weighted by atomic mass is 32.2. The molecular formula is C10H19N3OS. The lowest BCUT2D eigenvalue weighted by molar-refractivity contribution is 0.319. The van der Waals surface area contributed by atoms with Crippen LogP contribution in [0.3, 0.4) is 0 Å². The highest BCUT2D eigenvalue weighted by molar-refractivity contribution is 7.98. The third-order valence-corrected chi connectivity index (χ3v) is 2.87. The second-order valence-corrected chi connectivity index (χ2v) is 5.57. The van der Waals surface area contributed by atoms with E-state index in [-0.39, 0.29) is 5.41 Å². The molecule has 1 aromatic heterocycles. The van der Waals surface area contributed by atoms with Crippen LogP contribution < -0.4 is 5.73 Å². The van der Waals surface area contributed by atoms with Gasteiger partial charge in [0, 0.05) is 5.41 Å². The SMILES string of the molecule is CC(C)(C)c1nc(CSCCCN)no1. The zero-order chi connectivity index (χ0) is 11.3. The van der Waals surface area contributed by atoms with Gasteiger partial charge in [-0.3, -0.25) is 0 Å². The van der Waals surface area contributed by atoms with Crippen LogP contribution >= 0.6 is 11.8 Å². The summed E-state index contributed by atoms with van der Waals surface area (Å²) in [5.41, 5.74) is 5.34. The van der Waals surface area contributed by atoms with Crippen molar-refractivity contribution in [2.75, 3.05) is 12.3 Å². The quantitative estimate of drug-likeness (QED) is 0.782. The van der Waals surface area contributed by atoms with Gasteiger partial charge in [0.05, 0.1) is 5.75 Å². The largest absolute Gasteiger partial charge is 0.339 e. The van der Waals surface area contributed by atoms with Gasteiger partial charge in [0.25, 0.3) is 0 Å². The van der Waals surface area contributed by atoms with Gasteiger partial charge in [0.1, 0.15) is 0 Å². The van der Waals surface area contributed by atoms with Crippen molar-refractivity contribution in [1.29, 1.82) is 0 Å². The van der Waals surface area contributed by atoms with Gasteiger partial charge in [-0.25, -0.2) is 0 Å². The van der Waals surface area contributed by atoms with Gasteiger partial charge >= 0.3 is 0 Å². The van der Waals surface area contributed by atoms with Gasteiger partial charge in [0.2, 0.25) is 5.89 Å². The summed E-state index contributed by atoms with van der Waals surface area (Å²) < 4.78 is 5.19. The Labute approximate surface area is 95.0 Å². The van der Waals surface area contributed by atoms with Crippen molar-refractivity contribution in [1.82, 2.24) is 10.1 Å². The van der Waals surface area contributed by atoms with Gasteiger partial charge in [-0.2, -0.15) is 16.7 Å². The zero-order valence-corrected chi connectivity index (χ0v) is 10.4. The molecule has 0 radical (unpaired) electrons. The molecule has 0 aliphatic rings. The summed E-state index contributed by atoms with van der Waals surface area (Å²) in [5, 5.41) is 3.94. The highest BCUT2D eigenvalue weighted by Crippen LogP contribution is 2.20. The first kappa shape index (κ1) is 12.5. The Bertz CT molecular complexity index is 293. The molecule has 0 saturated heterocycles. The van der Waals surface area contributed by atoms with Crippen molar-refractivity contribution in [2.24, 2.45) is 5.73 Å². The molecule has 0 bridgehead atoms. The van der Waals surface area contributed by atoms with E-state index in [9.17, 15) is 0 Å². The Hall–Kier alpha value is -0.550. The normalized spacial score (nSPS) is 12.0. The molecule has 4 nitrogen and oxygen atoms in total. The summed E-state index contributed by atoms with van der Waals surface area (Å²) in [5.74, 6) is 3.34. The smallest absolute Gasteiger partial charge is 0.232 e. The molecule has 1 aromatic rings. The topological polar surface area (TPSA) is 64.9 Å². The summed E-state index contributed by atoms with van der Waals surface area (Å²) in [4.78, 5) is 4.35. The standard InChI is InChI=1S/C10H19N3OS/c1-10(2,3)9-12-8(13-14-9)7-15-6-4-5-11/h4-7,11H2,1-3H3. The summed E-state index contributed by atoms with van der Waals surface area (Å²) in [6.07, 6.45) is 1.04. The van der Waals surface area contributed by atoms with Crippen LogP contribution in [0.15, 0.2) is 4.52 Å². The Balaban J connectivity index is 2.40. The second-order valence-electron chi connectivity index (χ2n) is 4.46. The first-order chi connectivity index (χ1) is 7.04. The number of thioether (sulfide) groups is 1. The van der Waals surface area contributed by atoms with Crippen molar-refractivity contribution in [2.45, 2.75) is 38.4 Å². The van der Waals surface area contributed by atoms with Crippen molar-refractivity contribution < 1.29 is 4.52 Å². The lowest BCUT2D eigenvalue weighted by atomic mass is 9.97. The molecule has 0 aromatic carbocycles. The zero-order valence-electron chi connectivity index (χ0n) is 9.62. The first-order valence-electron chi connectivity index (χ1n) is 5.15. The summed E-state index contributed by atoms with van der Waals surface area (Å²) in [6.45, 7) is 6.93. The van der Waals surface area contributed by atoms with Crippen molar-refractivity contribution in [3.8, 4) is 0 Å². The lowest BCUT2D eigenvalue weighted by Crippen LogP contribution is -2.11. The fourth-order valence-electron chi connectivity index (χ4n) is 0.966. The van der Waals surface area contributed by atoms with Gasteiger partial charge in [0.15, 0.2) is 5.82 Å². The number of hydrogen-bond acceptors (Lipinski definition) is 5. The molecule has 0 saturated carbocycles. The molecule has 0 spiro atoms. The number of hydrogen-bond donors (Lipinski definition) is 1. The van der Waals surface area contributed by atoms with Crippen LogP contribution in [0.25, 0.3) is 0 Å². The number of nitrogens with zero attached hydrogens (tertiary/aromatic N) is 2. The molecule has 0 amide bonds. The van der Waals surface area contributed by atoms with Crippen LogP contribution in [0.4, 0.5) is 0 Å². The van der Waals surface area contributed by atoms with E-state index < -0.39 is 0 Å². The van der Waals surface area contributed by atoms with E-state index in [2.05, 4.69) is 30.9 Å². The molecule has 5 heteroatoms.